The van der Waals surface area contributed by atoms with Crippen molar-refractivity contribution >= 4 is 0 Å². The van der Waals surface area contributed by atoms with Crippen LogP contribution in [0.5, 0.6) is 0 Å². The molecule has 0 aromatic carbocycles. The fourth-order valence-electron chi connectivity index (χ4n) is 1.75. The first kappa shape index (κ1) is 11.4. The van der Waals surface area contributed by atoms with Crippen LogP contribution in [0.1, 0.15) is 40.0 Å². The standard InChI is InChI=1S/C11H23N3/c1-4-7-12-10-11-13(8-5-2)14(12)9-6-3/h10-11H,4-9H2,1-3H3. The minimum atomic E-state index is 1.12. The van der Waals surface area contributed by atoms with Gasteiger partial charge >= 0.3 is 0 Å². The van der Waals surface area contributed by atoms with Crippen LogP contribution >= 0.6 is 0 Å². The molecule has 0 aromatic heterocycles. The van der Waals surface area contributed by atoms with E-state index in [4.69, 9.17) is 0 Å². The van der Waals surface area contributed by atoms with E-state index in [0.717, 1.165) is 19.6 Å². The Bertz CT molecular complexity index is 163. The van der Waals surface area contributed by atoms with E-state index in [1.807, 2.05) is 0 Å². The summed E-state index contributed by atoms with van der Waals surface area (Å²) in [6.45, 7) is 10.0. The lowest BCUT2D eigenvalue weighted by atomic mass is 10.4. The molecule has 3 heteroatoms. The van der Waals surface area contributed by atoms with Crippen molar-refractivity contribution in [3.63, 3.8) is 0 Å². The van der Waals surface area contributed by atoms with Crippen molar-refractivity contribution in [1.82, 2.24) is 15.1 Å². The number of hydrazine groups is 2. The minimum Gasteiger partial charge on any atom is -0.294 e. The molecule has 0 atom stereocenters. The summed E-state index contributed by atoms with van der Waals surface area (Å²) in [5.74, 6) is 0. The number of hydrogen-bond acceptors (Lipinski definition) is 3. The summed E-state index contributed by atoms with van der Waals surface area (Å²) in [4.78, 5) is 0. The van der Waals surface area contributed by atoms with Gasteiger partial charge in [0.05, 0.1) is 0 Å². The highest BCUT2D eigenvalue weighted by atomic mass is 15.9. The zero-order chi connectivity index (χ0) is 10.4. The van der Waals surface area contributed by atoms with Crippen molar-refractivity contribution in [2.45, 2.75) is 40.0 Å². The monoisotopic (exact) mass is 197 g/mol. The fraction of sp³-hybridized carbons (Fsp3) is 0.818. The van der Waals surface area contributed by atoms with Gasteiger partial charge in [0.15, 0.2) is 0 Å². The first-order chi connectivity index (χ1) is 6.83. The van der Waals surface area contributed by atoms with Crippen LogP contribution in [0.3, 0.4) is 0 Å². The molecular weight excluding hydrogens is 174 g/mol. The van der Waals surface area contributed by atoms with Crippen molar-refractivity contribution in [3.8, 4) is 0 Å². The molecule has 3 nitrogen and oxygen atoms in total. The predicted molar refractivity (Wildman–Crippen MR) is 60.1 cm³/mol. The normalized spacial score (nSPS) is 17.1. The topological polar surface area (TPSA) is 9.72 Å². The SMILES string of the molecule is CCCN1C=CN(CCC)N1CCC. The smallest absolute Gasteiger partial charge is 0.0390 e. The van der Waals surface area contributed by atoms with Gasteiger partial charge in [-0.15, -0.1) is 5.12 Å². The lowest BCUT2D eigenvalue weighted by Crippen LogP contribution is -2.45. The average Bonchev–Trinajstić information content (AvgIpc) is 2.52. The van der Waals surface area contributed by atoms with Crippen molar-refractivity contribution in [2.75, 3.05) is 19.6 Å². The third-order valence-corrected chi connectivity index (χ3v) is 2.33. The average molecular weight is 197 g/mol. The lowest BCUT2D eigenvalue weighted by molar-refractivity contribution is -0.108. The summed E-state index contributed by atoms with van der Waals surface area (Å²) in [7, 11) is 0. The minimum absolute atomic E-state index is 1.12. The quantitative estimate of drug-likeness (QED) is 0.647. The van der Waals surface area contributed by atoms with Gasteiger partial charge in [0.1, 0.15) is 0 Å². The van der Waals surface area contributed by atoms with Crippen molar-refractivity contribution in [2.24, 2.45) is 0 Å². The molecule has 0 unspecified atom stereocenters. The Kier molecular flexibility index (Phi) is 4.80. The summed E-state index contributed by atoms with van der Waals surface area (Å²) in [5.41, 5.74) is 0. The van der Waals surface area contributed by atoms with Crippen LogP contribution in [0.15, 0.2) is 12.4 Å². The first-order valence-corrected chi connectivity index (χ1v) is 5.82. The van der Waals surface area contributed by atoms with Crippen LogP contribution in [0, 0.1) is 0 Å². The molecule has 1 aliphatic rings. The highest BCUT2D eigenvalue weighted by molar-refractivity contribution is 4.87. The largest absolute Gasteiger partial charge is 0.294 e. The molecule has 82 valence electrons. The lowest BCUT2D eigenvalue weighted by Gasteiger charge is -2.35. The maximum atomic E-state index is 2.35. The summed E-state index contributed by atoms with van der Waals surface area (Å²) in [6, 6.07) is 0. The van der Waals surface area contributed by atoms with Gasteiger partial charge in [-0.2, -0.15) is 0 Å². The Morgan fingerprint density at radius 3 is 1.50 bits per heavy atom. The molecule has 0 aliphatic carbocycles. The molecule has 0 aromatic rings. The summed E-state index contributed by atoms with van der Waals surface area (Å²) in [5, 5.41) is 6.99. The van der Waals surface area contributed by atoms with Gasteiger partial charge in [-0.3, -0.25) is 10.0 Å². The predicted octanol–water partition coefficient (Wildman–Crippen LogP) is 2.44. The van der Waals surface area contributed by atoms with Gasteiger partial charge in [-0.1, -0.05) is 20.8 Å². The second kappa shape index (κ2) is 5.91. The van der Waals surface area contributed by atoms with Crippen LogP contribution < -0.4 is 0 Å². The number of nitrogens with zero attached hydrogens (tertiary/aromatic N) is 3. The third-order valence-electron chi connectivity index (χ3n) is 2.33. The Balaban J connectivity index is 2.49. The highest BCUT2D eigenvalue weighted by Crippen LogP contribution is 2.15. The van der Waals surface area contributed by atoms with Gasteiger partial charge in [-0.05, 0) is 19.3 Å². The van der Waals surface area contributed by atoms with Crippen LogP contribution in [0.25, 0.3) is 0 Å². The Morgan fingerprint density at radius 1 is 0.714 bits per heavy atom. The maximum Gasteiger partial charge on any atom is 0.0390 e. The molecule has 14 heavy (non-hydrogen) atoms. The van der Waals surface area contributed by atoms with Crippen molar-refractivity contribution in [1.29, 1.82) is 0 Å². The van der Waals surface area contributed by atoms with Gasteiger partial charge in [0.25, 0.3) is 0 Å². The molecule has 0 N–H and O–H groups in total. The zero-order valence-electron chi connectivity index (χ0n) is 9.74. The second-order valence-corrected chi connectivity index (χ2v) is 3.72. The molecule has 0 saturated carbocycles. The molecule has 1 heterocycles. The molecular formula is C11H23N3. The van der Waals surface area contributed by atoms with E-state index in [0.29, 0.717) is 0 Å². The van der Waals surface area contributed by atoms with Crippen LogP contribution in [-0.4, -0.2) is 34.8 Å². The first-order valence-electron chi connectivity index (χ1n) is 5.82. The molecule has 0 bridgehead atoms. The van der Waals surface area contributed by atoms with E-state index in [1.54, 1.807) is 0 Å². The van der Waals surface area contributed by atoms with Gasteiger partial charge < -0.3 is 0 Å². The van der Waals surface area contributed by atoms with E-state index in [2.05, 4.69) is 48.3 Å². The Hall–Kier alpha value is -0.700. The maximum absolute atomic E-state index is 2.35. The molecule has 0 spiro atoms. The third kappa shape index (κ3) is 2.64. The Labute approximate surface area is 87.9 Å². The van der Waals surface area contributed by atoms with Gasteiger partial charge in [0, 0.05) is 32.0 Å². The van der Waals surface area contributed by atoms with Gasteiger partial charge in [0.2, 0.25) is 0 Å². The van der Waals surface area contributed by atoms with Crippen molar-refractivity contribution < 1.29 is 0 Å². The van der Waals surface area contributed by atoms with Crippen LogP contribution in [0.2, 0.25) is 0 Å². The van der Waals surface area contributed by atoms with E-state index >= 15 is 0 Å². The molecule has 1 rings (SSSR count). The van der Waals surface area contributed by atoms with Crippen LogP contribution in [0.4, 0.5) is 0 Å². The summed E-state index contributed by atoms with van der Waals surface area (Å²) in [6.07, 6.45) is 7.97. The second-order valence-electron chi connectivity index (χ2n) is 3.72. The summed E-state index contributed by atoms with van der Waals surface area (Å²) >= 11 is 0. The fourth-order valence-corrected chi connectivity index (χ4v) is 1.75. The van der Waals surface area contributed by atoms with Gasteiger partial charge in [-0.25, -0.2) is 0 Å². The van der Waals surface area contributed by atoms with E-state index in [-0.39, 0.29) is 0 Å². The summed E-state index contributed by atoms with van der Waals surface area (Å²) < 4.78 is 0. The Morgan fingerprint density at radius 2 is 1.14 bits per heavy atom. The molecule has 0 fully saturated rings. The number of hydrogen-bond donors (Lipinski definition) is 0. The van der Waals surface area contributed by atoms with E-state index in [9.17, 15) is 0 Å². The zero-order valence-corrected chi connectivity index (χ0v) is 9.74. The molecule has 0 radical (unpaired) electrons. The molecule has 1 aliphatic heterocycles. The molecule has 0 amide bonds. The van der Waals surface area contributed by atoms with E-state index in [1.165, 1.54) is 19.3 Å². The van der Waals surface area contributed by atoms with Crippen LogP contribution in [-0.2, 0) is 0 Å². The number of rotatable bonds is 6. The molecule has 0 saturated heterocycles. The van der Waals surface area contributed by atoms with Crippen molar-refractivity contribution in [3.05, 3.63) is 12.4 Å². The van der Waals surface area contributed by atoms with E-state index < -0.39 is 0 Å². The highest BCUT2D eigenvalue weighted by Gasteiger charge is 2.20.